The fourth-order valence-corrected chi connectivity index (χ4v) is 2.46. The first kappa shape index (κ1) is 14.4. The normalized spacial score (nSPS) is 11.1. The van der Waals surface area contributed by atoms with Crippen LogP contribution in [0, 0.1) is 6.92 Å². The van der Waals surface area contributed by atoms with E-state index in [4.69, 9.17) is 9.26 Å². The second kappa shape index (κ2) is 5.77. The molecular formula is C17H15N5O2. The molecule has 0 aliphatic heterocycles. The van der Waals surface area contributed by atoms with Crippen LogP contribution in [0.3, 0.4) is 0 Å². The highest BCUT2D eigenvalue weighted by molar-refractivity contribution is 5.61. The van der Waals surface area contributed by atoms with Crippen molar-refractivity contribution in [2.24, 2.45) is 0 Å². The predicted octanol–water partition coefficient (Wildman–Crippen LogP) is 3.15. The SMILES string of the molecule is CCOc1ccc(-c2nc(-c3ccc4nnc(C)n4c3)no2)cc1. The van der Waals surface area contributed by atoms with Crippen LogP contribution >= 0.6 is 0 Å². The van der Waals surface area contributed by atoms with Crippen molar-refractivity contribution >= 4 is 5.65 Å². The van der Waals surface area contributed by atoms with Gasteiger partial charge in [-0.25, -0.2) is 0 Å². The summed E-state index contributed by atoms with van der Waals surface area (Å²) in [6, 6.07) is 11.3. The zero-order valence-electron chi connectivity index (χ0n) is 13.3. The summed E-state index contributed by atoms with van der Waals surface area (Å²) in [5.41, 5.74) is 2.47. The lowest BCUT2D eigenvalue weighted by Crippen LogP contribution is -1.91. The number of aryl methyl sites for hydroxylation is 1. The predicted molar refractivity (Wildman–Crippen MR) is 87.6 cm³/mol. The van der Waals surface area contributed by atoms with Crippen LogP contribution in [-0.4, -0.2) is 31.3 Å². The highest BCUT2D eigenvalue weighted by atomic mass is 16.5. The van der Waals surface area contributed by atoms with Crippen molar-refractivity contribution in [2.45, 2.75) is 13.8 Å². The fraction of sp³-hybridized carbons (Fsp3) is 0.176. The topological polar surface area (TPSA) is 78.3 Å². The van der Waals surface area contributed by atoms with E-state index >= 15 is 0 Å². The molecule has 0 amide bonds. The van der Waals surface area contributed by atoms with Gasteiger partial charge in [-0.3, -0.25) is 4.40 Å². The van der Waals surface area contributed by atoms with Gasteiger partial charge in [0.05, 0.1) is 6.61 Å². The summed E-state index contributed by atoms with van der Waals surface area (Å²) in [5.74, 6) is 2.61. The van der Waals surface area contributed by atoms with Crippen molar-refractivity contribution in [1.82, 2.24) is 24.7 Å². The van der Waals surface area contributed by atoms with Crippen LogP contribution in [0.15, 0.2) is 47.1 Å². The molecule has 4 aromatic rings. The Balaban J connectivity index is 1.66. The molecule has 7 heteroatoms. The first-order valence-corrected chi connectivity index (χ1v) is 7.63. The van der Waals surface area contributed by atoms with E-state index < -0.39 is 0 Å². The monoisotopic (exact) mass is 321 g/mol. The van der Waals surface area contributed by atoms with Crippen LogP contribution in [0.1, 0.15) is 12.7 Å². The van der Waals surface area contributed by atoms with E-state index in [0.29, 0.717) is 18.3 Å². The van der Waals surface area contributed by atoms with Gasteiger partial charge in [0.1, 0.15) is 11.6 Å². The van der Waals surface area contributed by atoms with E-state index in [1.54, 1.807) is 0 Å². The molecule has 0 radical (unpaired) electrons. The molecule has 0 atom stereocenters. The van der Waals surface area contributed by atoms with E-state index in [1.165, 1.54) is 0 Å². The molecule has 0 bridgehead atoms. The Bertz CT molecular complexity index is 988. The summed E-state index contributed by atoms with van der Waals surface area (Å²) in [6.07, 6.45) is 1.90. The summed E-state index contributed by atoms with van der Waals surface area (Å²) >= 11 is 0. The molecule has 0 N–H and O–H groups in total. The van der Waals surface area contributed by atoms with Gasteiger partial charge in [0, 0.05) is 17.3 Å². The van der Waals surface area contributed by atoms with Gasteiger partial charge in [-0.2, -0.15) is 4.98 Å². The molecule has 0 saturated carbocycles. The lowest BCUT2D eigenvalue weighted by molar-refractivity contribution is 0.340. The number of rotatable bonds is 4. The summed E-state index contributed by atoms with van der Waals surface area (Å²) in [7, 11) is 0. The third-order valence-electron chi connectivity index (χ3n) is 3.67. The van der Waals surface area contributed by atoms with E-state index in [9.17, 15) is 0 Å². The molecule has 7 nitrogen and oxygen atoms in total. The van der Waals surface area contributed by atoms with Gasteiger partial charge in [0.15, 0.2) is 5.65 Å². The minimum absolute atomic E-state index is 0.466. The van der Waals surface area contributed by atoms with Gasteiger partial charge in [0.25, 0.3) is 5.89 Å². The minimum Gasteiger partial charge on any atom is -0.494 e. The maximum atomic E-state index is 5.43. The highest BCUT2D eigenvalue weighted by Gasteiger charge is 2.12. The standard InChI is InChI=1S/C17H15N5O2/c1-3-23-14-7-4-12(5-8-14)17-18-16(21-24-17)13-6-9-15-20-19-11(2)22(15)10-13/h4-10H,3H2,1-2H3. The van der Waals surface area contributed by atoms with Crippen molar-refractivity contribution in [2.75, 3.05) is 6.61 Å². The average Bonchev–Trinajstić information content (AvgIpc) is 3.23. The Morgan fingerprint density at radius 2 is 1.83 bits per heavy atom. The van der Waals surface area contributed by atoms with Crippen LogP contribution in [0.25, 0.3) is 28.5 Å². The van der Waals surface area contributed by atoms with Crippen molar-refractivity contribution < 1.29 is 9.26 Å². The molecule has 3 heterocycles. The molecule has 120 valence electrons. The summed E-state index contributed by atoms with van der Waals surface area (Å²) < 4.78 is 12.7. The van der Waals surface area contributed by atoms with Gasteiger partial charge >= 0.3 is 0 Å². The Hall–Kier alpha value is -3.22. The number of nitrogens with zero attached hydrogens (tertiary/aromatic N) is 5. The highest BCUT2D eigenvalue weighted by Crippen LogP contribution is 2.24. The third kappa shape index (κ3) is 2.50. The van der Waals surface area contributed by atoms with Crippen LogP contribution < -0.4 is 4.74 Å². The summed E-state index contributed by atoms with van der Waals surface area (Å²) in [5, 5.41) is 12.2. The molecule has 1 aromatic carbocycles. The van der Waals surface area contributed by atoms with Crippen molar-refractivity contribution in [3.05, 3.63) is 48.4 Å². The molecular weight excluding hydrogens is 306 g/mol. The zero-order chi connectivity index (χ0) is 16.5. The number of hydrogen-bond donors (Lipinski definition) is 0. The summed E-state index contributed by atoms with van der Waals surface area (Å²) in [6.45, 7) is 4.48. The van der Waals surface area contributed by atoms with E-state index in [0.717, 1.165) is 28.3 Å². The number of ether oxygens (including phenoxy) is 1. The number of benzene rings is 1. The van der Waals surface area contributed by atoms with Crippen LogP contribution in [-0.2, 0) is 0 Å². The first-order valence-electron chi connectivity index (χ1n) is 7.63. The van der Waals surface area contributed by atoms with Crippen molar-refractivity contribution in [3.63, 3.8) is 0 Å². The second-order valence-corrected chi connectivity index (χ2v) is 5.27. The lowest BCUT2D eigenvalue weighted by atomic mass is 10.2. The van der Waals surface area contributed by atoms with Crippen molar-refractivity contribution in [3.8, 4) is 28.6 Å². The smallest absolute Gasteiger partial charge is 0.258 e. The van der Waals surface area contributed by atoms with Gasteiger partial charge in [-0.05, 0) is 50.2 Å². The number of fused-ring (bicyclic) bond motifs is 1. The quantitative estimate of drug-likeness (QED) is 0.574. The molecule has 0 fully saturated rings. The first-order chi connectivity index (χ1) is 11.7. The van der Waals surface area contributed by atoms with E-state index in [2.05, 4.69) is 20.3 Å². The Morgan fingerprint density at radius 3 is 2.62 bits per heavy atom. The molecule has 0 aliphatic rings. The van der Waals surface area contributed by atoms with Crippen LogP contribution in [0.5, 0.6) is 5.75 Å². The number of pyridine rings is 1. The van der Waals surface area contributed by atoms with Gasteiger partial charge in [0.2, 0.25) is 5.82 Å². The van der Waals surface area contributed by atoms with Crippen LogP contribution in [0.2, 0.25) is 0 Å². The molecule has 0 spiro atoms. The Kier molecular flexibility index (Phi) is 3.45. The minimum atomic E-state index is 0.466. The second-order valence-electron chi connectivity index (χ2n) is 5.27. The summed E-state index contributed by atoms with van der Waals surface area (Å²) in [4.78, 5) is 4.47. The maximum absolute atomic E-state index is 5.43. The molecule has 24 heavy (non-hydrogen) atoms. The van der Waals surface area contributed by atoms with Crippen molar-refractivity contribution in [1.29, 1.82) is 0 Å². The Labute approximate surface area is 137 Å². The van der Waals surface area contributed by atoms with Crippen LogP contribution in [0.4, 0.5) is 0 Å². The molecule has 3 aromatic heterocycles. The van der Waals surface area contributed by atoms with E-state index in [1.807, 2.05) is 60.8 Å². The Morgan fingerprint density at radius 1 is 1.04 bits per heavy atom. The average molecular weight is 321 g/mol. The number of hydrogen-bond acceptors (Lipinski definition) is 6. The van der Waals surface area contributed by atoms with E-state index in [-0.39, 0.29) is 0 Å². The fourth-order valence-electron chi connectivity index (χ4n) is 2.46. The third-order valence-corrected chi connectivity index (χ3v) is 3.67. The molecule has 0 aliphatic carbocycles. The molecule has 0 saturated heterocycles. The number of aromatic nitrogens is 5. The maximum Gasteiger partial charge on any atom is 0.258 e. The lowest BCUT2D eigenvalue weighted by Gasteiger charge is -2.02. The van der Waals surface area contributed by atoms with Gasteiger partial charge < -0.3 is 9.26 Å². The zero-order valence-corrected chi connectivity index (χ0v) is 13.3. The molecule has 0 unspecified atom stereocenters. The largest absolute Gasteiger partial charge is 0.494 e. The van der Waals surface area contributed by atoms with Gasteiger partial charge in [-0.1, -0.05) is 5.16 Å². The molecule has 4 rings (SSSR count). The van der Waals surface area contributed by atoms with Gasteiger partial charge in [-0.15, -0.1) is 10.2 Å².